The molecule has 2 N–H and O–H groups in total. The fourth-order valence-corrected chi connectivity index (χ4v) is 1.24. The first-order valence-electron chi connectivity index (χ1n) is 4.68. The van der Waals surface area contributed by atoms with Gasteiger partial charge >= 0.3 is 6.03 Å². The zero-order chi connectivity index (χ0) is 11.6. The summed E-state index contributed by atoms with van der Waals surface area (Å²) in [6.45, 7) is 5.41. The molecule has 1 aliphatic heterocycles. The standard InChI is InChI=1S/C9H15N3O3/c1-9(2,3)11-7(14)5-12-4-6(13)10-8(12)15/h4-5H2,1-3H3,(H,11,14)(H,10,13,15). The van der Waals surface area contributed by atoms with Gasteiger partial charge in [0.05, 0.1) is 0 Å². The van der Waals surface area contributed by atoms with Crippen LogP contribution in [0.2, 0.25) is 0 Å². The van der Waals surface area contributed by atoms with Crippen LogP contribution in [-0.2, 0) is 9.59 Å². The van der Waals surface area contributed by atoms with Gasteiger partial charge in [0.15, 0.2) is 0 Å². The Labute approximate surface area is 88.0 Å². The van der Waals surface area contributed by atoms with Crippen LogP contribution in [-0.4, -0.2) is 41.4 Å². The highest BCUT2D eigenvalue weighted by Crippen LogP contribution is 2.01. The molecule has 6 nitrogen and oxygen atoms in total. The molecule has 0 atom stereocenters. The summed E-state index contributed by atoms with van der Waals surface area (Å²) in [5.41, 5.74) is -0.336. The molecule has 1 saturated heterocycles. The first-order valence-corrected chi connectivity index (χ1v) is 4.68. The third kappa shape index (κ3) is 3.57. The van der Waals surface area contributed by atoms with Crippen LogP contribution in [0.25, 0.3) is 0 Å². The zero-order valence-electron chi connectivity index (χ0n) is 9.09. The lowest BCUT2D eigenvalue weighted by atomic mass is 10.1. The first-order chi connectivity index (χ1) is 6.78. The van der Waals surface area contributed by atoms with Crippen molar-refractivity contribution in [3.05, 3.63) is 0 Å². The minimum atomic E-state index is -0.510. The third-order valence-electron chi connectivity index (χ3n) is 1.72. The van der Waals surface area contributed by atoms with E-state index in [2.05, 4.69) is 10.6 Å². The largest absolute Gasteiger partial charge is 0.350 e. The molecule has 6 heteroatoms. The van der Waals surface area contributed by atoms with Crippen molar-refractivity contribution in [2.24, 2.45) is 0 Å². The van der Waals surface area contributed by atoms with E-state index in [9.17, 15) is 14.4 Å². The molecule has 0 unspecified atom stereocenters. The normalized spacial score (nSPS) is 16.6. The summed E-state index contributed by atoms with van der Waals surface area (Å²) < 4.78 is 0. The number of imide groups is 1. The van der Waals surface area contributed by atoms with Crippen molar-refractivity contribution < 1.29 is 14.4 Å². The number of rotatable bonds is 2. The van der Waals surface area contributed by atoms with Gasteiger partial charge in [0.25, 0.3) is 0 Å². The Morgan fingerprint density at radius 1 is 1.47 bits per heavy atom. The molecular weight excluding hydrogens is 198 g/mol. The van der Waals surface area contributed by atoms with E-state index in [0.29, 0.717) is 0 Å². The Balaban J connectivity index is 2.45. The number of amides is 4. The van der Waals surface area contributed by atoms with Crippen LogP contribution >= 0.6 is 0 Å². The van der Waals surface area contributed by atoms with Crippen molar-refractivity contribution >= 4 is 17.8 Å². The molecule has 1 aliphatic rings. The highest BCUT2D eigenvalue weighted by atomic mass is 16.2. The van der Waals surface area contributed by atoms with Crippen LogP contribution in [0.15, 0.2) is 0 Å². The molecule has 4 amide bonds. The topological polar surface area (TPSA) is 78.5 Å². The van der Waals surface area contributed by atoms with Gasteiger partial charge in [-0.15, -0.1) is 0 Å². The van der Waals surface area contributed by atoms with Gasteiger partial charge < -0.3 is 10.2 Å². The van der Waals surface area contributed by atoms with Crippen molar-refractivity contribution in [1.29, 1.82) is 0 Å². The molecular formula is C9H15N3O3. The Kier molecular flexibility index (Phi) is 2.97. The van der Waals surface area contributed by atoms with Crippen LogP contribution in [0.4, 0.5) is 4.79 Å². The second-order valence-electron chi connectivity index (χ2n) is 4.51. The molecule has 0 bridgehead atoms. The fourth-order valence-electron chi connectivity index (χ4n) is 1.24. The van der Waals surface area contributed by atoms with E-state index >= 15 is 0 Å². The van der Waals surface area contributed by atoms with E-state index in [1.807, 2.05) is 20.8 Å². The number of hydrogen-bond donors (Lipinski definition) is 2. The maximum absolute atomic E-state index is 11.4. The summed E-state index contributed by atoms with van der Waals surface area (Å²) in [5.74, 6) is -0.643. The summed E-state index contributed by atoms with van der Waals surface area (Å²) in [6.07, 6.45) is 0. The van der Waals surface area contributed by atoms with Gasteiger partial charge in [-0.05, 0) is 20.8 Å². The Hall–Kier alpha value is -1.59. The Bertz CT molecular complexity index is 306. The lowest BCUT2D eigenvalue weighted by molar-refractivity contribution is -0.123. The van der Waals surface area contributed by atoms with E-state index in [-0.39, 0.29) is 30.4 Å². The maximum atomic E-state index is 11.4. The molecule has 1 fully saturated rings. The molecule has 0 aromatic heterocycles. The van der Waals surface area contributed by atoms with Crippen molar-refractivity contribution in [3.8, 4) is 0 Å². The number of carbonyl (C=O) groups is 3. The predicted molar refractivity (Wildman–Crippen MR) is 53.0 cm³/mol. The molecule has 1 rings (SSSR count). The van der Waals surface area contributed by atoms with Crippen LogP contribution in [0, 0.1) is 0 Å². The molecule has 0 spiro atoms. The second kappa shape index (κ2) is 3.88. The molecule has 15 heavy (non-hydrogen) atoms. The van der Waals surface area contributed by atoms with Gasteiger partial charge in [0.2, 0.25) is 11.8 Å². The molecule has 0 aromatic carbocycles. The number of carbonyl (C=O) groups excluding carboxylic acids is 3. The molecule has 0 aliphatic carbocycles. The van der Waals surface area contributed by atoms with E-state index < -0.39 is 6.03 Å². The predicted octanol–water partition coefficient (Wildman–Crippen LogP) is -0.547. The smallest absolute Gasteiger partial charge is 0.325 e. The van der Waals surface area contributed by atoms with Crippen LogP contribution in [0.5, 0.6) is 0 Å². The number of hydrogen-bond acceptors (Lipinski definition) is 3. The molecule has 1 heterocycles. The Morgan fingerprint density at radius 2 is 2.07 bits per heavy atom. The summed E-state index contributed by atoms with van der Waals surface area (Å²) in [7, 11) is 0. The van der Waals surface area contributed by atoms with Crippen LogP contribution < -0.4 is 10.6 Å². The van der Waals surface area contributed by atoms with Crippen molar-refractivity contribution in [1.82, 2.24) is 15.5 Å². The SMILES string of the molecule is CC(C)(C)NC(=O)CN1CC(=O)NC1=O. The fraction of sp³-hybridized carbons (Fsp3) is 0.667. The quantitative estimate of drug-likeness (QED) is 0.604. The number of nitrogens with one attached hydrogen (secondary N) is 2. The lowest BCUT2D eigenvalue weighted by Crippen LogP contribution is -2.46. The van der Waals surface area contributed by atoms with Gasteiger partial charge in [-0.2, -0.15) is 0 Å². The van der Waals surface area contributed by atoms with Crippen LogP contribution in [0.3, 0.4) is 0 Å². The lowest BCUT2D eigenvalue weighted by Gasteiger charge is -2.22. The average Bonchev–Trinajstić information content (AvgIpc) is 2.25. The highest BCUT2D eigenvalue weighted by molar-refractivity contribution is 6.03. The van der Waals surface area contributed by atoms with Gasteiger partial charge in [-0.1, -0.05) is 0 Å². The van der Waals surface area contributed by atoms with E-state index in [0.717, 1.165) is 0 Å². The summed E-state index contributed by atoms with van der Waals surface area (Å²) >= 11 is 0. The van der Waals surface area contributed by atoms with Crippen molar-refractivity contribution in [2.75, 3.05) is 13.1 Å². The molecule has 0 aromatic rings. The van der Waals surface area contributed by atoms with Crippen molar-refractivity contribution in [3.63, 3.8) is 0 Å². The molecule has 84 valence electrons. The van der Waals surface area contributed by atoms with Crippen molar-refractivity contribution in [2.45, 2.75) is 26.3 Å². The summed E-state index contributed by atoms with van der Waals surface area (Å²) in [4.78, 5) is 34.5. The van der Waals surface area contributed by atoms with Gasteiger partial charge in [-0.25, -0.2) is 4.79 Å². The summed E-state index contributed by atoms with van der Waals surface area (Å²) in [6, 6.07) is -0.510. The minimum absolute atomic E-state index is 0.0452. The third-order valence-corrected chi connectivity index (χ3v) is 1.72. The summed E-state index contributed by atoms with van der Waals surface area (Å²) in [5, 5.41) is 4.81. The number of urea groups is 1. The maximum Gasteiger partial charge on any atom is 0.325 e. The number of nitrogens with zero attached hydrogens (tertiary/aromatic N) is 1. The first kappa shape index (κ1) is 11.5. The highest BCUT2D eigenvalue weighted by Gasteiger charge is 2.28. The van der Waals surface area contributed by atoms with Gasteiger partial charge in [-0.3, -0.25) is 14.9 Å². The zero-order valence-corrected chi connectivity index (χ0v) is 9.09. The average molecular weight is 213 g/mol. The monoisotopic (exact) mass is 213 g/mol. The van der Waals surface area contributed by atoms with E-state index in [1.165, 1.54) is 4.90 Å². The van der Waals surface area contributed by atoms with Gasteiger partial charge in [0, 0.05) is 5.54 Å². The second-order valence-corrected chi connectivity index (χ2v) is 4.51. The molecule has 0 saturated carbocycles. The van der Waals surface area contributed by atoms with E-state index in [4.69, 9.17) is 0 Å². The van der Waals surface area contributed by atoms with Gasteiger partial charge in [0.1, 0.15) is 13.1 Å². The van der Waals surface area contributed by atoms with E-state index in [1.54, 1.807) is 0 Å². The minimum Gasteiger partial charge on any atom is -0.350 e. The Morgan fingerprint density at radius 3 is 2.47 bits per heavy atom. The molecule has 0 radical (unpaired) electrons. The van der Waals surface area contributed by atoms with Crippen LogP contribution in [0.1, 0.15) is 20.8 Å².